The van der Waals surface area contributed by atoms with E-state index in [1.807, 2.05) is 60.7 Å². The minimum absolute atomic E-state index is 0.0420. The Labute approximate surface area is 179 Å². The summed E-state index contributed by atoms with van der Waals surface area (Å²) in [5, 5.41) is 13.6. The van der Waals surface area contributed by atoms with Gasteiger partial charge in [-0.05, 0) is 49.1 Å². The molecule has 5 rings (SSSR count). The van der Waals surface area contributed by atoms with E-state index < -0.39 is 6.09 Å². The standard InChI is InChI=1S/C25H21N3O3/c29-24-21-15-20(16-5-2-1-3-6-16)23(28-22(21)13-14-26-24)17-9-11-18(12-10-17)27-25(30)31-19-7-4-8-19/h1-3,5-6,9-15,19H,4,7-8H2,(H,26,29)(H,27,30). The van der Waals surface area contributed by atoms with Gasteiger partial charge in [-0.3, -0.25) is 5.32 Å². The number of pyridine rings is 2. The number of amides is 1. The van der Waals surface area contributed by atoms with Gasteiger partial charge in [-0.1, -0.05) is 42.5 Å². The van der Waals surface area contributed by atoms with E-state index in [1.165, 1.54) is 6.20 Å². The van der Waals surface area contributed by atoms with Gasteiger partial charge in [0.1, 0.15) is 6.10 Å². The molecule has 0 saturated heterocycles. The second kappa shape index (κ2) is 8.07. The molecular weight excluding hydrogens is 390 g/mol. The molecule has 0 unspecified atom stereocenters. The first-order valence-corrected chi connectivity index (χ1v) is 10.3. The number of aromatic nitrogens is 2. The van der Waals surface area contributed by atoms with Crippen LogP contribution in [0.3, 0.4) is 0 Å². The molecule has 1 aliphatic rings. The molecule has 2 aromatic carbocycles. The fourth-order valence-electron chi connectivity index (χ4n) is 3.64. The SMILES string of the molecule is O=C(Nc1ccc(-c2nc3ccnc(O)c3cc2-c2ccccc2)cc1)OC1CCC1. The number of hydrogen-bond acceptors (Lipinski definition) is 5. The van der Waals surface area contributed by atoms with E-state index >= 15 is 0 Å². The number of nitrogens with one attached hydrogen (secondary N) is 1. The van der Waals surface area contributed by atoms with Crippen molar-refractivity contribution in [2.75, 3.05) is 5.32 Å². The van der Waals surface area contributed by atoms with Crippen molar-refractivity contribution in [2.24, 2.45) is 0 Å². The van der Waals surface area contributed by atoms with E-state index in [2.05, 4.69) is 10.3 Å². The molecular formula is C25H21N3O3. The minimum Gasteiger partial charge on any atom is -0.493 e. The number of anilines is 1. The second-order valence-electron chi connectivity index (χ2n) is 7.61. The second-order valence-corrected chi connectivity index (χ2v) is 7.61. The summed E-state index contributed by atoms with van der Waals surface area (Å²) in [6.45, 7) is 0. The van der Waals surface area contributed by atoms with Gasteiger partial charge in [0.05, 0.1) is 16.6 Å². The molecule has 0 aliphatic heterocycles. The van der Waals surface area contributed by atoms with Crippen LogP contribution in [0.15, 0.2) is 72.9 Å². The predicted octanol–water partition coefficient (Wildman–Crippen LogP) is 5.77. The van der Waals surface area contributed by atoms with E-state index in [1.54, 1.807) is 6.07 Å². The summed E-state index contributed by atoms with van der Waals surface area (Å²) in [7, 11) is 0. The van der Waals surface area contributed by atoms with E-state index in [9.17, 15) is 9.90 Å². The number of nitrogens with zero attached hydrogens (tertiary/aromatic N) is 2. The van der Waals surface area contributed by atoms with E-state index in [-0.39, 0.29) is 12.0 Å². The molecule has 1 amide bonds. The van der Waals surface area contributed by atoms with Crippen LogP contribution in [0, 0.1) is 0 Å². The van der Waals surface area contributed by atoms with Gasteiger partial charge in [0.15, 0.2) is 0 Å². The average Bonchev–Trinajstić information content (AvgIpc) is 2.77. The van der Waals surface area contributed by atoms with Crippen LogP contribution in [-0.4, -0.2) is 27.3 Å². The number of aromatic hydroxyl groups is 1. The number of ether oxygens (including phenoxy) is 1. The zero-order valence-corrected chi connectivity index (χ0v) is 16.8. The van der Waals surface area contributed by atoms with Gasteiger partial charge in [0.2, 0.25) is 5.88 Å². The Balaban J connectivity index is 1.50. The van der Waals surface area contributed by atoms with Gasteiger partial charge >= 0.3 is 6.09 Å². The monoisotopic (exact) mass is 411 g/mol. The van der Waals surface area contributed by atoms with Crippen molar-refractivity contribution < 1.29 is 14.6 Å². The maximum Gasteiger partial charge on any atom is 0.411 e. The quantitative estimate of drug-likeness (QED) is 0.445. The van der Waals surface area contributed by atoms with Crippen molar-refractivity contribution in [3.05, 3.63) is 72.9 Å². The Kier molecular flexibility index (Phi) is 4.96. The summed E-state index contributed by atoms with van der Waals surface area (Å²) >= 11 is 0. The molecule has 1 aliphatic carbocycles. The third-order valence-corrected chi connectivity index (χ3v) is 5.54. The molecule has 2 aromatic heterocycles. The molecule has 0 spiro atoms. The maximum atomic E-state index is 12.0. The van der Waals surface area contributed by atoms with Crippen LogP contribution < -0.4 is 5.32 Å². The Morgan fingerprint density at radius 1 is 1.00 bits per heavy atom. The Bertz CT molecular complexity index is 1240. The molecule has 0 atom stereocenters. The average molecular weight is 411 g/mol. The Morgan fingerprint density at radius 2 is 1.77 bits per heavy atom. The third kappa shape index (κ3) is 3.92. The molecule has 6 heteroatoms. The number of carbonyl (C=O) groups excluding carboxylic acids is 1. The smallest absolute Gasteiger partial charge is 0.411 e. The minimum atomic E-state index is -0.422. The summed E-state index contributed by atoms with van der Waals surface area (Å²) in [5.41, 5.74) is 4.89. The van der Waals surface area contributed by atoms with Crippen molar-refractivity contribution in [1.82, 2.24) is 9.97 Å². The first-order chi connectivity index (χ1) is 15.2. The van der Waals surface area contributed by atoms with E-state index in [4.69, 9.17) is 9.72 Å². The Morgan fingerprint density at radius 3 is 2.48 bits per heavy atom. The highest BCUT2D eigenvalue weighted by molar-refractivity contribution is 5.94. The maximum absolute atomic E-state index is 12.0. The van der Waals surface area contributed by atoms with Gasteiger partial charge in [-0.25, -0.2) is 14.8 Å². The van der Waals surface area contributed by atoms with Crippen molar-refractivity contribution in [1.29, 1.82) is 0 Å². The first kappa shape index (κ1) is 19.1. The first-order valence-electron chi connectivity index (χ1n) is 10.3. The molecule has 0 bridgehead atoms. The zero-order chi connectivity index (χ0) is 21.2. The van der Waals surface area contributed by atoms with Crippen LogP contribution >= 0.6 is 0 Å². The van der Waals surface area contributed by atoms with E-state index in [0.29, 0.717) is 16.6 Å². The van der Waals surface area contributed by atoms with Gasteiger partial charge < -0.3 is 9.84 Å². The topological polar surface area (TPSA) is 84.3 Å². The lowest BCUT2D eigenvalue weighted by molar-refractivity contribution is 0.0624. The highest BCUT2D eigenvalue weighted by atomic mass is 16.6. The van der Waals surface area contributed by atoms with Gasteiger partial charge in [-0.15, -0.1) is 0 Å². The zero-order valence-electron chi connectivity index (χ0n) is 16.8. The molecule has 31 heavy (non-hydrogen) atoms. The number of hydrogen-bond donors (Lipinski definition) is 2. The van der Waals surface area contributed by atoms with Crippen molar-refractivity contribution in [3.63, 3.8) is 0 Å². The lowest BCUT2D eigenvalue weighted by atomic mass is 9.96. The van der Waals surface area contributed by atoms with Gasteiger partial charge in [0.25, 0.3) is 0 Å². The number of carbonyl (C=O) groups is 1. The fourth-order valence-corrected chi connectivity index (χ4v) is 3.64. The summed E-state index contributed by atoms with van der Waals surface area (Å²) in [4.78, 5) is 20.8. The molecule has 1 saturated carbocycles. The van der Waals surface area contributed by atoms with Gasteiger partial charge in [0, 0.05) is 23.0 Å². The van der Waals surface area contributed by atoms with Crippen LogP contribution in [0.2, 0.25) is 0 Å². The lowest BCUT2D eigenvalue weighted by Crippen LogP contribution is -2.27. The number of fused-ring (bicyclic) bond motifs is 1. The van der Waals surface area contributed by atoms with Gasteiger partial charge in [-0.2, -0.15) is 0 Å². The third-order valence-electron chi connectivity index (χ3n) is 5.54. The molecule has 0 radical (unpaired) electrons. The number of rotatable bonds is 4. The highest BCUT2D eigenvalue weighted by Crippen LogP contribution is 2.35. The summed E-state index contributed by atoms with van der Waals surface area (Å²) in [5.74, 6) is -0.0433. The van der Waals surface area contributed by atoms with Crippen LogP contribution in [0.1, 0.15) is 19.3 Å². The van der Waals surface area contributed by atoms with Crippen LogP contribution in [-0.2, 0) is 4.74 Å². The highest BCUT2D eigenvalue weighted by Gasteiger charge is 2.21. The molecule has 6 nitrogen and oxygen atoms in total. The van der Waals surface area contributed by atoms with E-state index in [0.717, 1.165) is 41.6 Å². The lowest BCUT2D eigenvalue weighted by Gasteiger charge is -2.25. The van der Waals surface area contributed by atoms with Crippen LogP contribution in [0.4, 0.5) is 10.5 Å². The molecule has 154 valence electrons. The number of benzene rings is 2. The van der Waals surface area contributed by atoms with Crippen LogP contribution in [0.5, 0.6) is 5.88 Å². The van der Waals surface area contributed by atoms with Crippen molar-refractivity contribution in [3.8, 4) is 28.3 Å². The molecule has 4 aromatic rings. The fraction of sp³-hybridized carbons (Fsp3) is 0.160. The summed E-state index contributed by atoms with van der Waals surface area (Å²) < 4.78 is 5.35. The summed E-state index contributed by atoms with van der Waals surface area (Å²) in [6, 6.07) is 21.1. The normalized spacial score (nSPS) is 13.5. The molecule has 2 N–H and O–H groups in total. The van der Waals surface area contributed by atoms with Crippen molar-refractivity contribution >= 4 is 22.7 Å². The largest absolute Gasteiger partial charge is 0.493 e. The Hall–Kier alpha value is -3.93. The summed E-state index contributed by atoms with van der Waals surface area (Å²) in [6.07, 6.45) is 4.15. The van der Waals surface area contributed by atoms with Crippen molar-refractivity contribution in [2.45, 2.75) is 25.4 Å². The molecule has 2 heterocycles. The molecule has 1 fully saturated rings. The predicted molar refractivity (Wildman–Crippen MR) is 120 cm³/mol. The van der Waals surface area contributed by atoms with Crippen LogP contribution in [0.25, 0.3) is 33.3 Å².